The molecule has 4 rings (SSSR count). The number of thiophene rings is 1. The molecule has 0 bridgehead atoms. The van der Waals surface area contributed by atoms with Gasteiger partial charge in [-0.1, -0.05) is 36.4 Å². The monoisotopic (exact) mass is 388 g/mol. The fourth-order valence-electron chi connectivity index (χ4n) is 2.78. The molecule has 0 amide bonds. The van der Waals surface area contributed by atoms with Gasteiger partial charge >= 0.3 is 5.97 Å². The number of carbonyl (C=O) groups excluding carboxylic acids is 2. The lowest BCUT2D eigenvalue weighted by Gasteiger charge is -2.08. The highest BCUT2D eigenvalue weighted by Crippen LogP contribution is 2.26. The van der Waals surface area contributed by atoms with Crippen molar-refractivity contribution in [3.63, 3.8) is 0 Å². The molecule has 6 heteroatoms. The smallest absolute Gasteiger partial charge is 0.362 e. The summed E-state index contributed by atoms with van der Waals surface area (Å²) >= 11 is 1.55. The summed E-state index contributed by atoms with van der Waals surface area (Å²) in [6.07, 6.45) is 0. The van der Waals surface area contributed by atoms with E-state index in [9.17, 15) is 9.59 Å². The van der Waals surface area contributed by atoms with E-state index in [1.807, 2.05) is 47.8 Å². The van der Waals surface area contributed by atoms with Gasteiger partial charge < -0.3 is 4.74 Å². The lowest BCUT2D eigenvalue weighted by Crippen LogP contribution is -2.14. The third kappa shape index (κ3) is 3.63. The van der Waals surface area contributed by atoms with Crippen LogP contribution in [0.15, 0.2) is 78.2 Å². The zero-order valence-electron chi connectivity index (χ0n) is 15.0. The standard InChI is InChI=1S/C22H16N2O3S/c1-15(25)16-7-5-10-18(13-16)27-22(26)20-14-19(21-11-6-12-28-21)23-24(20)17-8-3-2-4-9-17/h2-14H,1H3. The van der Waals surface area contributed by atoms with E-state index in [-0.39, 0.29) is 5.78 Å². The third-order valence-corrected chi connectivity index (χ3v) is 5.04. The quantitative estimate of drug-likeness (QED) is 0.273. The van der Waals surface area contributed by atoms with Crippen LogP contribution >= 0.6 is 11.3 Å². The first-order valence-corrected chi connectivity index (χ1v) is 9.52. The number of hydrogen-bond donors (Lipinski definition) is 0. The van der Waals surface area contributed by atoms with E-state index >= 15 is 0 Å². The van der Waals surface area contributed by atoms with Crippen LogP contribution in [-0.2, 0) is 0 Å². The van der Waals surface area contributed by atoms with Crippen LogP contribution in [0.3, 0.4) is 0 Å². The molecule has 2 aromatic carbocycles. The number of para-hydroxylation sites is 1. The Morgan fingerprint density at radius 1 is 0.964 bits per heavy atom. The second-order valence-electron chi connectivity index (χ2n) is 6.11. The fourth-order valence-corrected chi connectivity index (χ4v) is 3.46. The molecule has 0 aliphatic rings. The van der Waals surface area contributed by atoms with Crippen molar-refractivity contribution >= 4 is 23.1 Å². The zero-order valence-corrected chi connectivity index (χ0v) is 15.8. The van der Waals surface area contributed by atoms with Crippen LogP contribution in [0.4, 0.5) is 0 Å². The van der Waals surface area contributed by atoms with E-state index in [4.69, 9.17) is 4.74 Å². The molecule has 0 atom stereocenters. The van der Waals surface area contributed by atoms with E-state index in [0.717, 1.165) is 10.6 Å². The summed E-state index contributed by atoms with van der Waals surface area (Å²) in [7, 11) is 0. The van der Waals surface area contributed by atoms with Gasteiger partial charge in [-0.3, -0.25) is 4.79 Å². The van der Waals surface area contributed by atoms with E-state index in [2.05, 4.69) is 5.10 Å². The van der Waals surface area contributed by atoms with Crippen LogP contribution in [0.5, 0.6) is 5.75 Å². The molecule has 2 heterocycles. The summed E-state index contributed by atoms with van der Waals surface area (Å²) < 4.78 is 7.11. The molecule has 0 spiro atoms. The van der Waals surface area contributed by atoms with E-state index in [1.54, 1.807) is 46.4 Å². The topological polar surface area (TPSA) is 61.2 Å². The Morgan fingerprint density at radius 2 is 1.79 bits per heavy atom. The van der Waals surface area contributed by atoms with Gasteiger partial charge in [0.1, 0.15) is 11.4 Å². The number of hydrogen-bond acceptors (Lipinski definition) is 5. The molecule has 138 valence electrons. The lowest BCUT2D eigenvalue weighted by atomic mass is 10.1. The van der Waals surface area contributed by atoms with E-state index in [1.165, 1.54) is 6.92 Å². The predicted molar refractivity (Wildman–Crippen MR) is 108 cm³/mol. The number of Topliss-reactive ketones (excluding diaryl/α,β-unsaturated/α-hetero) is 1. The first kappa shape index (κ1) is 17.9. The molecule has 28 heavy (non-hydrogen) atoms. The van der Waals surface area contributed by atoms with E-state index < -0.39 is 5.97 Å². The average Bonchev–Trinajstić information content (AvgIpc) is 3.38. The van der Waals surface area contributed by atoms with Crippen molar-refractivity contribution in [2.24, 2.45) is 0 Å². The Morgan fingerprint density at radius 3 is 2.50 bits per heavy atom. The van der Waals surface area contributed by atoms with Crippen molar-refractivity contribution in [2.75, 3.05) is 0 Å². The van der Waals surface area contributed by atoms with Gasteiger partial charge in [0.2, 0.25) is 0 Å². The molecule has 0 N–H and O–H groups in total. The summed E-state index contributed by atoms with van der Waals surface area (Å²) in [5.41, 5.74) is 2.25. The van der Waals surface area contributed by atoms with E-state index in [0.29, 0.717) is 22.7 Å². The van der Waals surface area contributed by atoms with Crippen LogP contribution in [-0.4, -0.2) is 21.5 Å². The maximum Gasteiger partial charge on any atom is 0.362 e. The second kappa shape index (κ2) is 7.62. The van der Waals surface area contributed by atoms with Crippen LogP contribution in [0.2, 0.25) is 0 Å². The van der Waals surface area contributed by atoms with Crippen LogP contribution < -0.4 is 4.74 Å². The van der Waals surface area contributed by atoms with Gasteiger partial charge in [-0.2, -0.15) is 5.10 Å². The minimum absolute atomic E-state index is 0.0905. The number of ether oxygens (including phenoxy) is 1. The third-order valence-electron chi connectivity index (χ3n) is 4.14. The molecule has 5 nitrogen and oxygen atoms in total. The molecular weight excluding hydrogens is 372 g/mol. The highest BCUT2D eigenvalue weighted by molar-refractivity contribution is 7.13. The number of benzene rings is 2. The minimum atomic E-state index is -0.542. The first-order valence-electron chi connectivity index (χ1n) is 8.64. The molecule has 0 saturated heterocycles. The largest absolute Gasteiger partial charge is 0.422 e. The molecule has 0 saturated carbocycles. The van der Waals surface area contributed by atoms with Gasteiger partial charge in [0.05, 0.1) is 10.6 Å². The summed E-state index contributed by atoms with van der Waals surface area (Å²) in [5.74, 6) is -0.316. The van der Waals surface area contributed by atoms with Crippen molar-refractivity contribution < 1.29 is 14.3 Å². The van der Waals surface area contributed by atoms with Gasteiger partial charge in [0.25, 0.3) is 0 Å². The molecule has 2 aromatic heterocycles. The van der Waals surface area contributed by atoms with Crippen molar-refractivity contribution in [3.8, 4) is 22.0 Å². The summed E-state index contributed by atoms with van der Waals surface area (Å²) in [6, 6.07) is 21.6. The Labute approximate surface area is 165 Å². The van der Waals surface area contributed by atoms with Crippen molar-refractivity contribution in [1.82, 2.24) is 9.78 Å². The van der Waals surface area contributed by atoms with Gasteiger partial charge in [0, 0.05) is 11.6 Å². The molecule has 0 fully saturated rings. The Kier molecular flexibility index (Phi) is 4.87. The molecule has 0 aliphatic carbocycles. The Bertz CT molecular complexity index is 1130. The lowest BCUT2D eigenvalue weighted by molar-refractivity contribution is 0.0724. The Balaban J connectivity index is 1.72. The SMILES string of the molecule is CC(=O)c1cccc(OC(=O)c2cc(-c3cccs3)nn2-c2ccccc2)c1. The fraction of sp³-hybridized carbons (Fsp3) is 0.0455. The number of aromatic nitrogens is 2. The zero-order chi connectivity index (χ0) is 19.5. The van der Waals surface area contributed by atoms with Crippen molar-refractivity contribution in [3.05, 3.63) is 89.4 Å². The summed E-state index contributed by atoms with van der Waals surface area (Å²) in [5, 5.41) is 6.56. The maximum atomic E-state index is 12.9. The highest BCUT2D eigenvalue weighted by atomic mass is 32.1. The number of ketones is 1. The Hall–Kier alpha value is -3.51. The van der Waals surface area contributed by atoms with Gasteiger partial charge in [-0.15, -0.1) is 11.3 Å². The molecule has 4 aromatic rings. The minimum Gasteiger partial charge on any atom is -0.422 e. The molecule has 0 radical (unpaired) electrons. The average molecular weight is 388 g/mol. The van der Waals surface area contributed by atoms with Crippen LogP contribution in [0, 0.1) is 0 Å². The molecular formula is C22H16N2O3S. The van der Waals surface area contributed by atoms with Gasteiger partial charge in [-0.05, 0) is 42.6 Å². The van der Waals surface area contributed by atoms with Gasteiger partial charge in [-0.25, -0.2) is 9.48 Å². The second-order valence-corrected chi connectivity index (χ2v) is 7.06. The van der Waals surface area contributed by atoms with Gasteiger partial charge in [0.15, 0.2) is 11.5 Å². The normalized spacial score (nSPS) is 10.6. The van der Waals surface area contributed by atoms with Crippen molar-refractivity contribution in [2.45, 2.75) is 6.92 Å². The first-order chi connectivity index (χ1) is 13.6. The number of esters is 1. The molecule has 0 aliphatic heterocycles. The maximum absolute atomic E-state index is 12.9. The molecule has 0 unspecified atom stereocenters. The number of carbonyl (C=O) groups is 2. The number of nitrogens with zero attached hydrogens (tertiary/aromatic N) is 2. The van der Waals surface area contributed by atoms with Crippen molar-refractivity contribution in [1.29, 1.82) is 0 Å². The summed E-state index contributed by atoms with van der Waals surface area (Å²) in [6.45, 7) is 1.47. The highest BCUT2D eigenvalue weighted by Gasteiger charge is 2.20. The summed E-state index contributed by atoms with van der Waals surface area (Å²) in [4.78, 5) is 25.4. The number of rotatable bonds is 5. The van der Waals surface area contributed by atoms with Crippen LogP contribution in [0.1, 0.15) is 27.8 Å². The predicted octanol–water partition coefficient (Wildman–Crippen LogP) is 5.02. The van der Waals surface area contributed by atoms with Crippen LogP contribution in [0.25, 0.3) is 16.3 Å².